The van der Waals surface area contributed by atoms with Crippen LogP contribution in [0, 0.1) is 5.41 Å². The third kappa shape index (κ3) is 2.57. The van der Waals surface area contributed by atoms with Crippen molar-refractivity contribution < 1.29 is 0 Å². The van der Waals surface area contributed by atoms with E-state index in [0.29, 0.717) is 17.3 Å². The van der Waals surface area contributed by atoms with Crippen molar-refractivity contribution >= 4 is 11.6 Å². The Bertz CT molecular complexity index is 414. The van der Waals surface area contributed by atoms with E-state index in [1.807, 2.05) is 0 Å². The lowest BCUT2D eigenvalue weighted by Gasteiger charge is -2.39. The van der Waals surface area contributed by atoms with Crippen molar-refractivity contribution in [3.63, 3.8) is 0 Å². The van der Waals surface area contributed by atoms with Crippen LogP contribution in [0.2, 0.25) is 0 Å². The van der Waals surface area contributed by atoms with Gasteiger partial charge in [-0.2, -0.15) is 0 Å². The van der Waals surface area contributed by atoms with E-state index in [2.05, 4.69) is 36.1 Å². The summed E-state index contributed by atoms with van der Waals surface area (Å²) >= 11 is 0. The maximum atomic E-state index is 5.91. The fourth-order valence-electron chi connectivity index (χ4n) is 2.83. The molecule has 100 valence electrons. The minimum atomic E-state index is 0.322. The molecule has 1 aromatic rings. The Labute approximate surface area is 109 Å². The first-order valence-electron chi connectivity index (χ1n) is 6.90. The maximum Gasteiger partial charge on any atom is 0.134 e. The summed E-state index contributed by atoms with van der Waals surface area (Å²) in [5, 5.41) is 3.60. The molecule has 1 fully saturated rings. The minimum Gasteiger partial charge on any atom is -0.383 e. The van der Waals surface area contributed by atoms with E-state index in [1.54, 1.807) is 6.33 Å². The number of aromatic nitrogens is 2. The van der Waals surface area contributed by atoms with Crippen molar-refractivity contribution in [1.82, 2.24) is 9.97 Å². The number of anilines is 2. The van der Waals surface area contributed by atoms with Crippen LogP contribution < -0.4 is 11.1 Å². The van der Waals surface area contributed by atoms with E-state index >= 15 is 0 Å². The van der Waals surface area contributed by atoms with E-state index in [0.717, 1.165) is 17.8 Å². The number of nitrogen functional groups attached to an aromatic ring is 1. The minimum absolute atomic E-state index is 0.322. The van der Waals surface area contributed by atoms with Gasteiger partial charge in [0.05, 0.1) is 0 Å². The lowest BCUT2D eigenvalue weighted by atomic mass is 9.73. The van der Waals surface area contributed by atoms with Gasteiger partial charge >= 0.3 is 0 Å². The number of nitrogens with two attached hydrogens (primary N) is 1. The van der Waals surface area contributed by atoms with Crippen LogP contribution in [0.25, 0.3) is 0 Å². The maximum absolute atomic E-state index is 5.91. The Morgan fingerprint density at radius 3 is 2.83 bits per heavy atom. The van der Waals surface area contributed by atoms with Gasteiger partial charge in [-0.15, -0.1) is 0 Å². The number of hydrogen-bond acceptors (Lipinski definition) is 4. The molecule has 0 amide bonds. The summed E-state index contributed by atoms with van der Waals surface area (Å²) in [5.41, 5.74) is 7.28. The monoisotopic (exact) mass is 248 g/mol. The summed E-state index contributed by atoms with van der Waals surface area (Å²) < 4.78 is 0. The Morgan fingerprint density at radius 1 is 1.39 bits per heavy atom. The van der Waals surface area contributed by atoms with Crippen molar-refractivity contribution in [3.8, 4) is 0 Å². The Morgan fingerprint density at radius 2 is 2.17 bits per heavy atom. The molecule has 1 aliphatic rings. The van der Waals surface area contributed by atoms with Crippen molar-refractivity contribution in [2.45, 2.75) is 58.9 Å². The summed E-state index contributed by atoms with van der Waals surface area (Å²) in [7, 11) is 0. The summed E-state index contributed by atoms with van der Waals surface area (Å²) in [4.78, 5) is 8.43. The van der Waals surface area contributed by atoms with Gasteiger partial charge in [0.25, 0.3) is 0 Å². The van der Waals surface area contributed by atoms with Crippen molar-refractivity contribution in [3.05, 3.63) is 11.9 Å². The van der Waals surface area contributed by atoms with Crippen molar-refractivity contribution in [2.75, 3.05) is 11.1 Å². The normalized spacial score (nSPS) is 22.7. The van der Waals surface area contributed by atoms with Gasteiger partial charge < -0.3 is 11.1 Å². The largest absolute Gasteiger partial charge is 0.383 e. The molecule has 1 saturated carbocycles. The Hall–Kier alpha value is -1.32. The molecule has 0 radical (unpaired) electrons. The summed E-state index contributed by atoms with van der Waals surface area (Å²) in [6, 6.07) is 0.478. The van der Waals surface area contributed by atoms with Crippen LogP contribution in [-0.2, 0) is 6.42 Å². The van der Waals surface area contributed by atoms with Gasteiger partial charge in [0, 0.05) is 11.6 Å². The number of nitrogens with zero attached hydrogens (tertiary/aromatic N) is 2. The molecule has 4 nitrogen and oxygen atoms in total. The summed E-state index contributed by atoms with van der Waals surface area (Å²) in [6.45, 7) is 6.76. The average molecular weight is 248 g/mol. The highest BCUT2D eigenvalue weighted by Crippen LogP contribution is 2.37. The predicted octanol–water partition coefficient (Wildman–Crippen LogP) is 3.00. The van der Waals surface area contributed by atoms with E-state index in [1.165, 1.54) is 25.7 Å². The quantitative estimate of drug-likeness (QED) is 0.863. The zero-order valence-electron chi connectivity index (χ0n) is 11.7. The Kier molecular flexibility index (Phi) is 3.73. The molecule has 0 saturated heterocycles. The van der Waals surface area contributed by atoms with Crippen LogP contribution in [0.4, 0.5) is 11.6 Å². The highest BCUT2D eigenvalue weighted by atomic mass is 15.1. The van der Waals surface area contributed by atoms with E-state index < -0.39 is 0 Å². The molecule has 1 aliphatic carbocycles. The van der Waals surface area contributed by atoms with Gasteiger partial charge in [-0.1, -0.05) is 33.6 Å². The standard InChI is InChI=1S/C14H24N4/c1-4-10-12(15)16-9-17-13(10)18-11-7-5-6-8-14(11,2)3/h9,11H,4-8H2,1-3H3,(H3,15,16,17,18). The third-order valence-electron chi connectivity index (χ3n) is 4.15. The number of rotatable bonds is 3. The molecule has 4 heteroatoms. The second-order valence-electron chi connectivity index (χ2n) is 5.87. The second-order valence-corrected chi connectivity index (χ2v) is 5.87. The molecule has 0 aliphatic heterocycles. The van der Waals surface area contributed by atoms with Gasteiger partial charge in [-0.05, 0) is 24.7 Å². The van der Waals surface area contributed by atoms with Crippen LogP contribution in [-0.4, -0.2) is 16.0 Å². The van der Waals surface area contributed by atoms with Crippen LogP contribution in [0.5, 0.6) is 0 Å². The molecule has 1 heterocycles. The highest BCUT2D eigenvalue weighted by Gasteiger charge is 2.32. The molecule has 0 aromatic carbocycles. The molecule has 0 bridgehead atoms. The summed E-state index contributed by atoms with van der Waals surface area (Å²) in [5.74, 6) is 1.52. The lowest BCUT2D eigenvalue weighted by Crippen LogP contribution is -2.39. The zero-order valence-corrected chi connectivity index (χ0v) is 11.7. The molecule has 1 aromatic heterocycles. The number of nitrogens with one attached hydrogen (secondary N) is 1. The number of hydrogen-bond donors (Lipinski definition) is 2. The van der Waals surface area contributed by atoms with Crippen LogP contribution >= 0.6 is 0 Å². The smallest absolute Gasteiger partial charge is 0.134 e. The molecule has 0 spiro atoms. The highest BCUT2D eigenvalue weighted by molar-refractivity contribution is 5.55. The molecule has 2 rings (SSSR count). The average Bonchev–Trinajstić information content (AvgIpc) is 2.32. The topological polar surface area (TPSA) is 63.8 Å². The first kappa shape index (κ1) is 13.1. The molecule has 3 N–H and O–H groups in total. The van der Waals surface area contributed by atoms with E-state index in [-0.39, 0.29) is 0 Å². The predicted molar refractivity (Wildman–Crippen MR) is 75.5 cm³/mol. The van der Waals surface area contributed by atoms with Crippen LogP contribution in [0.3, 0.4) is 0 Å². The molecular weight excluding hydrogens is 224 g/mol. The second kappa shape index (κ2) is 5.12. The van der Waals surface area contributed by atoms with Gasteiger partial charge in [0.2, 0.25) is 0 Å². The van der Waals surface area contributed by atoms with Crippen LogP contribution in [0.1, 0.15) is 52.0 Å². The fraction of sp³-hybridized carbons (Fsp3) is 0.714. The van der Waals surface area contributed by atoms with Gasteiger partial charge in [-0.3, -0.25) is 0 Å². The van der Waals surface area contributed by atoms with Gasteiger partial charge in [0.15, 0.2) is 0 Å². The first-order chi connectivity index (χ1) is 8.54. The van der Waals surface area contributed by atoms with E-state index in [9.17, 15) is 0 Å². The lowest BCUT2D eigenvalue weighted by molar-refractivity contribution is 0.216. The SMILES string of the molecule is CCc1c(N)ncnc1NC1CCCCC1(C)C. The molecule has 1 unspecified atom stereocenters. The van der Waals surface area contributed by atoms with E-state index in [4.69, 9.17) is 5.73 Å². The van der Waals surface area contributed by atoms with Crippen LogP contribution in [0.15, 0.2) is 6.33 Å². The van der Waals surface area contributed by atoms with Gasteiger partial charge in [0.1, 0.15) is 18.0 Å². The Balaban J connectivity index is 2.20. The molecule has 18 heavy (non-hydrogen) atoms. The molecular formula is C14H24N4. The van der Waals surface area contributed by atoms with Gasteiger partial charge in [-0.25, -0.2) is 9.97 Å². The van der Waals surface area contributed by atoms with Crippen molar-refractivity contribution in [2.24, 2.45) is 5.41 Å². The first-order valence-corrected chi connectivity index (χ1v) is 6.90. The third-order valence-corrected chi connectivity index (χ3v) is 4.15. The summed E-state index contributed by atoms with van der Waals surface area (Å²) in [6.07, 6.45) is 7.52. The molecule has 1 atom stereocenters. The fourth-order valence-corrected chi connectivity index (χ4v) is 2.83. The van der Waals surface area contributed by atoms with Crippen molar-refractivity contribution in [1.29, 1.82) is 0 Å². The zero-order chi connectivity index (χ0) is 13.2.